The average molecular weight is 293 g/mol. The van der Waals surface area contributed by atoms with Gasteiger partial charge in [-0.15, -0.1) is 0 Å². The van der Waals surface area contributed by atoms with Gasteiger partial charge in [-0.3, -0.25) is 0 Å². The largest absolute Gasteiger partial charge is 0.503 e. The summed E-state index contributed by atoms with van der Waals surface area (Å²) in [5, 5.41) is 19.0. The lowest BCUT2D eigenvalue weighted by Gasteiger charge is -2.25. The zero-order chi connectivity index (χ0) is 12.5. The Labute approximate surface area is 102 Å². The number of aromatic hydroxyl groups is 1. The maximum absolute atomic E-state index is 13.8. The van der Waals surface area contributed by atoms with Gasteiger partial charge in [-0.2, -0.15) is 0 Å². The van der Waals surface area contributed by atoms with Crippen LogP contribution in [0.5, 0.6) is 11.5 Å². The van der Waals surface area contributed by atoms with Crippen molar-refractivity contribution in [3.8, 4) is 11.5 Å². The predicted molar refractivity (Wildman–Crippen MR) is 62.4 cm³/mol. The highest BCUT2D eigenvalue weighted by atomic mass is 79.9. The Morgan fingerprint density at radius 1 is 1.50 bits per heavy atom. The van der Waals surface area contributed by atoms with E-state index in [4.69, 9.17) is 4.74 Å². The van der Waals surface area contributed by atoms with Crippen LogP contribution in [0.4, 0.5) is 4.39 Å². The highest BCUT2D eigenvalue weighted by Gasteiger charge is 2.29. The number of benzene rings is 1. The average Bonchev–Trinajstić information content (AvgIpc) is 2.23. The highest BCUT2D eigenvalue weighted by molar-refractivity contribution is 9.10. The molecule has 0 spiro atoms. The van der Waals surface area contributed by atoms with E-state index in [2.05, 4.69) is 15.9 Å². The number of phenolic OH excluding ortho intramolecular Hbond substituents is 1. The van der Waals surface area contributed by atoms with Crippen LogP contribution in [0.15, 0.2) is 10.5 Å². The monoisotopic (exact) mass is 292 g/mol. The van der Waals surface area contributed by atoms with Crippen LogP contribution >= 0.6 is 15.9 Å². The Bertz CT molecular complexity index is 405. The first-order valence-corrected chi connectivity index (χ1v) is 5.50. The van der Waals surface area contributed by atoms with Crippen molar-refractivity contribution >= 4 is 15.9 Å². The maximum Gasteiger partial charge on any atom is 0.172 e. The summed E-state index contributed by atoms with van der Waals surface area (Å²) in [5.74, 6) is -0.636. The summed E-state index contributed by atoms with van der Waals surface area (Å²) >= 11 is 3.12. The zero-order valence-electron chi connectivity index (χ0n) is 9.34. The number of hydrogen-bond donors (Lipinski definition) is 2. The SMILES string of the molecule is COc1cc(F)c(C(C)(C)CO)c(Br)c1O. The lowest BCUT2D eigenvalue weighted by Crippen LogP contribution is -2.24. The van der Waals surface area contributed by atoms with Crippen molar-refractivity contribution in [2.75, 3.05) is 13.7 Å². The summed E-state index contributed by atoms with van der Waals surface area (Å²) in [5.41, 5.74) is -0.555. The van der Waals surface area contributed by atoms with Crippen LogP contribution in [0, 0.1) is 5.82 Å². The van der Waals surface area contributed by atoms with Crippen LogP contribution in [0.25, 0.3) is 0 Å². The molecule has 0 saturated carbocycles. The van der Waals surface area contributed by atoms with E-state index >= 15 is 0 Å². The minimum Gasteiger partial charge on any atom is -0.503 e. The first kappa shape index (κ1) is 13.3. The lowest BCUT2D eigenvalue weighted by molar-refractivity contribution is 0.213. The molecule has 1 aromatic carbocycles. The summed E-state index contributed by atoms with van der Waals surface area (Å²) in [6, 6.07) is 1.10. The van der Waals surface area contributed by atoms with Gasteiger partial charge in [0, 0.05) is 17.0 Å². The third kappa shape index (κ3) is 2.15. The second-order valence-corrected chi connectivity index (χ2v) is 4.93. The molecule has 0 bridgehead atoms. The number of methoxy groups -OCH3 is 1. The molecule has 0 aliphatic heterocycles. The number of hydrogen-bond acceptors (Lipinski definition) is 3. The summed E-state index contributed by atoms with van der Waals surface area (Å²) in [7, 11) is 1.35. The summed E-state index contributed by atoms with van der Waals surface area (Å²) < 4.78 is 18.9. The Hall–Kier alpha value is -0.810. The Kier molecular flexibility index (Phi) is 3.80. The third-order valence-electron chi connectivity index (χ3n) is 2.45. The number of aliphatic hydroxyl groups excluding tert-OH is 1. The van der Waals surface area contributed by atoms with Gasteiger partial charge in [0.2, 0.25) is 0 Å². The molecule has 0 saturated heterocycles. The van der Waals surface area contributed by atoms with E-state index in [9.17, 15) is 14.6 Å². The maximum atomic E-state index is 13.8. The lowest BCUT2D eigenvalue weighted by atomic mass is 9.85. The molecule has 0 fully saturated rings. The van der Waals surface area contributed by atoms with E-state index in [-0.39, 0.29) is 28.1 Å². The summed E-state index contributed by atoms with van der Waals surface area (Å²) in [6.07, 6.45) is 0. The van der Waals surface area contributed by atoms with Crippen LogP contribution < -0.4 is 4.74 Å². The van der Waals surface area contributed by atoms with Gasteiger partial charge in [0.05, 0.1) is 18.2 Å². The second kappa shape index (κ2) is 4.59. The van der Waals surface area contributed by atoms with Gasteiger partial charge in [0.1, 0.15) is 5.82 Å². The van der Waals surface area contributed by atoms with Crippen LogP contribution in [0.3, 0.4) is 0 Å². The first-order valence-electron chi connectivity index (χ1n) is 4.71. The third-order valence-corrected chi connectivity index (χ3v) is 3.22. The van der Waals surface area contributed by atoms with Gasteiger partial charge in [0.15, 0.2) is 11.5 Å². The molecule has 0 radical (unpaired) electrons. The molecule has 0 atom stereocenters. The number of halogens is 2. The Morgan fingerprint density at radius 2 is 2.06 bits per heavy atom. The Morgan fingerprint density at radius 3 is 2.50 bits per heavy atom. The fraction of sp³-hybridized carbons (Fsp3) is 0.455. The molecule has 0 heterocycles. The number of ether oxygens (including phenoxy) is 1. The highest BCUT2D eigenvalue weighted by Crippen LogP contribution is 2.42. The second-order valence-electron chi connectivity index (χ2n) is 4.14. The molecule has 1 rings (SSSR count). The minimum atomic E-state index is -0.785. The molecule has 5 heteroatoms. The van der Waals surface area contributed by atoms with Gasteiger partial charge in [0.25, 0.3) is 0 Å². The number of phenols is 1. The quantitative estimate of drug-likeness (QED) is 0.900. The normalized spacial score (nSPS) is 11.6. The molecule has 0 unspecified atom stereocenters. The van der Waals surface area contributed by atoms with Crippen molar-refractivity contribution in [1.29, 1.82) is 0 Å². The van der Waals surface area contributed by atoms with Crippen LogP contribution in [-0.4, -0.2) is 23.9 Å². The van der Waals surface area contributed by atoms with Gasteiger partial charge >= 0.3 is 0 Å². The van der Waals surface area contributed by atoms with Crippen LogP contribution in [-0.2, 0) is 5.41 Å². The van der Waals surface area contributed by atoms with E-state index in [1.165, 1.54) is 7.11 Å². The van der Waals surface area contributed by atoms with Crippen molar-refractivity contribution < 1.29 is 19.3 Å². The molecular weight excluding hydrogens is 279 g/mol. The van der Waals surface area contributed by atoms with E-state index < -0.39 is 11.2 Å². The van der Waals surface area contributed by atoms with Gasteiger partial charge in [-0.1, -0.05) is 13.8 Å². The van der Waals surface area contributed by atoms with Crippen molar-refractivity contribution in [2.24, 2.45) is 0 Å². The molecule has 0 aromatic heterocycles. The number of aliphatic hydroxyl groups is 1. The van der Waals surface area contributed by atoms with Gasteiger partial charge < -0.3 is 14.9 Å². The molecule has 0 amide bonds. The van der Waals surface area contributed by atoms with Crippen LogP contribution in [0.2, 0.25) is 0 Å². The molecule has 1 aromatic rings. The Balaban J connectivity index is 3.48. The first-order chi connectivity index (χ1) is 7.35. The minimum absolute atomic E-state index is 0.0573. The molecule has 2 N–H and O–H groups in total. The van der Waals surface area contributed by atoms with E-state index in [1.54, 1.807) is 13.8 Å². The number of rotatable bonds is 3. The van der Waals surface area contributed by atoms with Crippen LogP contribution in [0.1, 0.15) is 19.4 Å². The van der Waals surface area contributed by atoms with Crippen molar-refractivity contribution in [3.63, 3.8) is 0 Å². The zero-order valence-corrected chi connectivity index (χ0v) is 10.9. The molecule has 0 aliphatic rings. The molecular formula is C11H14BrFO3. The van der Waals surface area contributed by atoms with Crippen molar-refractivity contribution in [1.82, 2.24) is 0 Å². The van der Waals surface area contributed by atoms with Crippen molar-refractivity contribution in [2.45, 2.75) is 19.3 Å². The van der Waals surface area contributed by atoms with E-state index in [0.717, 1.165) is 6.07 Å². The molecule has 90 valence electrons. The smallest absolute Gasteiger partial charge is 0.172 e. The fourth-order valence-electron chi connectivity index (χ4n) is 1.44. The fourth-order valence-corrected chi connectivity index (χ4v) is 2.36. The van der Waals surface area contributed by atoms with Gasteiger partial charge in [-0.05, 0) is 15.9 Å². The van der Waals surface area contributed by atoms with E-state index in [0.29, 0.717) is 0 Å². The van der Waals surface area contributed by atoms with Crippen molar-refractivity contribution in [3.05, 3.63) is 21.9 Å². The molecule has 3 nitrogen and oxygen atoms in total. The topological polar surface area (TPSA) is 49.7 Å². The molecule has 16 heavy (non-hydrogen) atoms. The standard InChI is InChI=1S/C11H14BrFO3/c1-11(2,5-14)8-6(13)4-7(16-3)10(15)9(8)12/h4,14-15H,5H2,1-3H3. The summed E-state index contributed by atoms with van der Waals surface area (Å²) in [4.78, 5) is 0. The van der Waals surface area contributed by atoms with Gasteiger partial charge in [-0.25, -0.2) is 4.39 Å². The van der Waals surface area contributed by atoms with E-state index in [1.807, 2.05) is 0 Å². The molecule has 0 aliphatic carbocycles. The summed E-state index contributed by atoms with van der Waals surface area (Å²) in [6.45, 7) is 3.14. The predicted octanol–water partition coefficient (Wildman–Crippen LogP) is 2.57.